The summed E-state index contributed by atoms with van der Waals surface area (Å²) in [6, 6.07) is 37.2. The number of hydrogen-bond donors (Lipinski definition) is 3. The zero-order chi connectivity index (χ0) is 33.5. The molecule has 238 valence electrons. The summed E-state index contributed by atoms with van der Waals surface area (Å²) >= 11 is 9.08. The van der Waals surface area contributed by atoms with Gasteiger partial charge in [0.15, 0.2) is 5.13 Å². The van der Waals surface area contributed by atoms with E-state index in [4.69, 9.17) is 11.6 Å². The Labute approximate surface area is 291 Å². The maximum Gasteiger partial charge on any atom is 0.272 e. The minimum atomic E-state index is -0.530. The number of amides is 3. The molecule has 5 aromatic carbocycles. The van der Waals surface area contributed by atoms with Crippen molar-refractivity contribution >= 4 is 80.1 Å². The molecule has 0 bridgehead atoms. The number of anilines is 2. The van der Waals surface area contributed by atoms with E-state index in [1.54, 1.807) is 66.7 Å². The van der Waals surface area contributed by atoms with Crippen LogP contribution in [0.25, 0.3) is 28.1 Å². The number of carbonyl (C=O) groups is 3. The van der Waals surface area contributed by atoms with Crippen LogP contribution in [-0.4, -0.2) is 28.0 Å². The van der Waals surface area contributed by atoms with Crippen LogP contribution >= 0.6 is 34.7 Å². The average molecular weight is 689 g/mol. The lowest BCUT2D eigenvalue weighted by molar-refractivity contribution is -0.115. The molecule has 0 saturated carbocycles. The van der Waals surface area contributed by atoms with Crippen molar-refractivity contribution in [2.24, 2.45) is 0 Å². The fourth-order valence-corrected chi connectivity index (χ4v) is 6.65. The normalized spacial score (nSPS) is 11.9. The highest BCUT2D eigenvalue weighted by Crippen LogP contribution is 2.30. The first-order valence-corrected chi connectivity index (χ1v) is 17.1. The fourth-order valence-electron chi connectivity index (χ4n) is 4.81. The first-order chi connectivity index (χ1) is 23.3. The van der Waals surface area contributed by atoms with Gasteiger partial charge >= 0.3 is 0 Å². The van der Waals surface area contributed by atoms with Crippen LogP contribution in [0.3, 0.4) is 0 Å². The molecule has 6 aromatic rings. The van der Waals surface area contributed by atoms with Crippen molar-refractivity contribution in [1.82, 2.24) is 10.3 Å². The highest BCUT2D eigenvalue weighted by molar-refractivity contribution is 8.00. The predicted octanol–water partition coefficient (Wildman–Crippen LogP) is 9.15. The van der Waals surface area contributed by atoms with E-state index in [1.165, 1.54) is 29.2 Å². The number of thiazole rings is 1. The summed E-state index contributed by atoms with van der Waals surface area (Å²) in [5.74, 6) is -1.15. The molecule has 3 N–H and O–H groups in total. The topological polar surface area (TPSA) is 100 Å². The molecule has 10 heteroatoms. The lowest BCUT2D eigenvalue weighted by Gasteiger charge is -2.14. The second kappa shape index (κ2) is 15.1. The Bertz CT molecular complexity index is 2150. The summed E-state index contributed by atoms with van der Waals surface area (Å²) in [7, 11) is 0. The molecule has 1 heterocycles. The molecule has 0 aliphatic rings. The van der Waals surface area contributed by atoms with Crippen molar-refractivity contribution in [3.05, 3.63) is 149 Å². The summed E-state index contributed by atoms with van der Waals surface area (Å²) < 4.78 is 0. The Hall–Kier alpha value is -5.22. The number of nitrogens with zero attached hydrogens (tertiary/aromatic N) is 1. The number of thioether (sulfide) groups is 1. The smallest absolute Gasteiger partial charge is 0.272 e. The number of nitrogens with one attached hydrogen (secondary N) is 3. The number of benzene rings is 5. The molecule has 0 saturated heterocycles. The number of halogens is 1. The van der Waals surface area contributed by atoms with E-state index in [1.807, 2.05) is 42.6 Å². The molecule has 0 aliphatic heterocycles. The first-order valence-electron chi connectivity index (χ1n) is 15.0. The van der Waals surface area contributed by atoms with Gasteiger partial charge in [0.1, 0.15) is 5.70 Å². The summed E-state index contributed by atoms with van der Waals surface area (Å²) in [4.78, 5) is 45.0. The van der Waals surface area contributed by atoms with Gasteiger partial charge in [-0.2, -0.15) is 0 Å². The van der Waals surface area contributed by atoms with Crippen LogP contribution in [0.4, 0.5) is 10.8 Å². The Kier molecular flexibility index (Phi) is 10.3. The van der Waals surface area contributed by atoms with Gasteiger partial charge in [-0.1, -0.05) is 90.5 Å². The van der Waals surface area contributed by atoms with Crippen LogP contribution in [-0.2, 0) is 9.59 Å². The monoisotopic (exact) mass is 688 g/mol. The van der Waals surface area contributed by atoms with Crippen LogP contribution in [0.15, 0.2) is 137 Å². The molecule has 3 amide bonds. The van der Waals surface area contributed by atoms with Crippen molar-refractivity contribution in [3.8, 4) is 11.3 Å². The van der Waals surface area contributed by atoms with E-state index >= 15 is 0 Å². The number of hydrogen-bond acceptors (Lipinski definition) is 6. The third-order valence-corrected chi connectivity index (χ3v) is 9.48. The van der Waals surface area contributed by atoms with Crippen LogP contribution in [0, 0.1) is 0 Å². The maximum atomic E-state index is 13.5. The van der Waals surface area contributed by atoms with Gasteiger partial charge in [-0.3, -0.25) is 14.4 Å². The minimum absolute atomic E-state index is 0.0225. The van der Waals surface area contributed by atoms with Crippen molar-refractivity contribution in [1.29, 1.82) is 0 Å². The van der Waals surface area contributed by atoms with E-state index in [0.717, 1.165) is 26.9 Å². The molecule has 7 nitrogen and oxygen atoms in total. The van der Waals surface area contributed by atoms with E-state index in [-0.39, 0.29) is 11.6 Å². The summed E-state index contributed by atoms with van der Waals surface area (Å²) in [6.45, 7) is 1.81. The number of carbonyl (C=O) groups excluding carboxylic acids is 3. The Balaban J connectivity index is 1.11. The van der Waals surface area contributed by atoms with Crippen molar-refractivity contribution in [2.75, 3.05) is 10.6 Å². The molecular weight excluding hydrogens is 660 g/mol. The molecule has 1 atom stereocenters. The maximum absolute atomic E-state index is 13.5. The number of fused-ring (bicyclic) bond motifs is 1. The van der Waals surface area contributed by atoms with Crippen molar-refractivity contribution in [2.45, 2.75) is 17.1 Å². The van der Waals surface area contributed by atoms with Gasteiger partial charge in [-0.15, -0.1) is 23.1 Å². The van der Waals surface area contributed by atoms with Gasteiger partial charge in [-0.25, -0.2) is 4.98 Å². The summed E-state index contributed by atoms with van der Waals surface area (Å²) in [5.41, 5.74) is 3.28. The highest BCUT2D eigenvalue weighted by atomic mass is 35.5. The zero-order valence-electron chi connectivity index (χ0n) is 25.6. The largest absolute Gasteiger partial charge is 0.321 e. The van der Waals surface area contributed by atoms with E-state index in [2.05, 4.69) is 45.2 Å². The zero-order valence-corrected chi connectivity index (χ0v) is 28.0. The van der Waals surface area contributed by atoms with Gasteiger partial charge in [0, 0.05) is 32.1 Å². The van der Waals surface area contributed by atoms with Gasteiger partial charge in [0.2, 0.25) is 5.91 Å². The molecule has 6 rings (SSSR count). The van der Waals surface area contributed by atoms with Gasteiger partial charge in [-0.05, 0) is 71.8 Å². The number of rotatable bonds is 10. The Morgan fingerprint density at radius 3 is 2.38 bits per heavy atom. The van der Waals surface area contributed by atoms with Gasteiger partial charge in [0.25, 0.3) is 11.8 Å². The molecule has 0 radical (unpaired) electrons. The molecule has 1 unspecified atom stereocenters. The van der Waals surface area contributed by atoms with Crippen LogP contribution in [0.2, 0.25) is 5.02 Å². The van der Waals surface area contributed by atoms with Crippen LogP contribution in [0.5, 0.6) is 0 Å². The summed E-state index contributed by atoms with van der Waals surface area (Å²) in [6.07, 6.45) is 1.54. The molecule has 1 aromatic heterocycles. The van der Waals surface area contributed by atoms with Crippen molar-refractivity contribution in [3.63, 3.8) is 0 Å². The molecule has 48 heavy (non-hydrogen) atoms. The molecule has 0 spiro atoms. The van der Waals surface area contributed by atoms with Crippen LogP contribution in [0.1, 0.15) is 22.8 Å². The minimum Gasteiger partial charge on any atom is -0.321 e. The molecule has 0 aliphatic carbocycles. The quantitative estimate of drug-likeness (QED) is 0.0985. The standard InChI is InChI=1S/C38H29ClN4O3S2/c1-24(35(44)43-38-42-34(23-47-38)29-19-18-25-10-5-6-13-27(25)20-29)48-31-16-9-15-30(22-31)40-37(46)33(21-28-14-7-8-17-32(28)39)41-36(45)26-11-3-2-4-12-26/h2-24H,1H3,(H,40,46)(H,41,45)(H,42,43,44)/b33-21+. The first kappa shape index (κ1) is 32.7. The average Bonchev–Trinajstić information content (AvgIpc) is 3.57. The van der Waals surface area contributed by atoms with Crippen molar-refractivity contribution < 1.29 is 14.4 Å². The lowest BCUT2D eigenvalue weighted by Crippen LogP contribution is -2.30. The van der Waals surface area contributed by atoms with Gasteiger partial charge in [0.05, 0.1) is 10.9 Å². The highest BCUT2D eigenvalue weighted by Gasteiger charge is 2.19. The SMILES string of the molecule is CC(Sc1cccc(NC(=O)/C(=C\c2ccccc2Cl)NC(=O)c2ccccc2)c1)C(=O)Nc1nc(-c2ccc3ccccc3c2)cs1. The van der Waals surface area contributed by atoms with E-state index < -0.39 is 17.1 Å². The third-order valence-electron chi connectivity index (χ3n) is 7.29. The van der Waals surface area contributed by atoms with Gasteiger partial charge < -0.3 is 16.0 Å². The Morgan fingerprint density at radius 1 is 0.812 bits per heavy atom. The lowest BCUT2D eigenvalue weighted by atomic mass is 10.1. The molecule has 0 fully saturated rings. The Morgan fingerprint density at radius 2 is 1.56 bits per heavy atom. The van der Waals surface area contributed by atoms with E-state index in [9.17, 15) is 14.4 Å². The van der Waals surface area contributed by atoms with Crippen LogP contribution < -0.4 is 16.0 Å². The van der Waals surface area contributed by atoms with E-state index in [0.29, 0.717) is 27.0 Å². The second-order valence-electron chi connectivity index (χ2n) is 10.7. The molecular formula is C38H29ClN4O3S2. The predicted molar refractivity (Wildman–Crippen MR) is 197 cm³/mol. The second-order valence-corrected chi connectivity index (χ2v) is 13.4. The summed E-state index contributed by atoms with van der Waals surface area (Å²) in [5, 5.41) is 13.2. The fraction of sp³-hybridized carbons (Fsp3) is 0.0526. The number of aromatic nitrogens is 1. The third kappa shape index (κ3) is 8.19.